The van der Waals surface area contributed by atoms with Crippen LogP contribution >= 0.6 is 0 Å². The standard InChI is InChI=1S/C19H22N2O5S/c1-20-27(23,24)18-9-2-5-14(11-18)19(22)21-15-6-3-7-16(12-15)26-13-17-8-4-10-25-17/h2-3,5-7,9,11-12,17,20H,4,8,10,13H2,1H3,(H,21,22). The summed E-state index contributed by atoms with van der Waals surface area (Å²) in [5.41, 5.74) is 0.809. The fourth-order valence-corrected chi connectivity index (χ4v) is 3.53. The van der Waals surface area contributed by atoms with E-state index < -0.39 is 15.9 Å². The van der Waals surface area contributed by atoms with Crippen LogP contribution in [0.4, 0.5) is 5.69 Å². The molecule has 0 radical (unpaired) electrons. The summed E-state index contributed by atoms with van der Waals surface area (Å²) in [5, 5.41) is 2.76. The third-order valence-corrected chi connectivity index (χ3v) is 5.64. The average Bonchev–Trinajstić information content (AvgIpc) is 3.20. The van der Waals surface area contributed by atoms with Gasteiger partial charge in [-0.2, -0.15) is 0 Å². The first kappa shape index (κ1) is 19.3. The highest BCUT2D eigenvalue weighted by molar-refractivity contribution is 7.89. The number of carbonyl (C=O) groups excluding carboxylic acids is 1. The zero-order chi connectivity index (χ0) is 19.3. The molecule has 1 aliphatic rings. The maximum absolute atomic E-state index is 12.5. The van der Waals surface area contributed by atoms with E-state index in [1.807, 2.05) is 6.07 Å². The Hall–Kier alpha value is -2.42. The fraction of sp³-hybridized carbons (Fsp3) is 0.316. The Kier molecular flexibility index (Phi) is 6.10. The van der Waals surface area contributed by atoms with Crippen LogP contribution in [0.3, 0.4) is 0 Å². The molecule has 1 heterocycles. The molecule has 3 rings (SSSR count). The summed E-state index contributed by atoms with van der Waals surface area (Å²) in [7, 11) is -2.29. The number of amides is 1. The molecule has 0 aliphatic carbocycles. The third-order valence-electron chi connectivity index (χ3n) is 4.23. The molecule has 1 amide bonds. The molecule has 0 spiro atoms. The number of sulfonamides is 1. The highest BCUT2D eigenvalue weighted by Gasteiger charge is 2.17. The van der Waals surface area contributed by atoms with Gasteiger partial charge in [-0.15, -0.1) is 0 Å². The summed E-state index contributed by atoms with van der Waals surface area (Å²) in [6, 6.07) is 12.9. The predicted octanol–water partition coefficient (Wildman–Crippen LogP) is 2.40. The fourth-order valence-electron chi connectivity index (χ4n) is 2.75. The molecule has 0 bridgehead atoms. The lowest BCUT2D eigenvalue weighted by Crippen LogP contribution is -2.19. The summed E-state index contributed by atoms with van der Waals surface area (Å²) in [6.07, 6.45) is 2.15. The van der Waals surface area contributed by atoms with E-state index in [9.17, 15) is 13.2 Å². The van der Waals surface area contributed by atoms with Crippen molar-refractivity contribution in [3.63, 3.8) is 0 Å². The third kappa shape index (κ3) is 5.06. The molecule has 0 aromatic heterocycles. The zero-order valence-corrected chi connectivity index (χ0v) is 15.8. The molecule has 1 atom stereocenters. The number of hydrogen-bond acceptors (Lipinski definition) is 5. The molecule has 7 nitrogen and oxygen atoms in total. The van der Waals surface area contributed by atoms with Gasteiger partial charge < -0.3 is 14.8 Å². The lowest BCUT2D eigenvalue weighted by molar-refractivity contribution is 0.0680. The zero-order valence-electron chi connectivity index (χ0n) is 15.0. The van der Waals surface area contributed by atoms with Crippen LogP contribution in [-0.2, 0) is 14.8 Å². The Morgan fingerprint density at radius 1 is 1.22 bits per heavy atom. The van der Waals surface area contributed by atoms with Crippen molar-refractivity contribution in [3.05, 3.63) is 54.1 Å². The van der Waals surface area contributed by atoms with Crippen LogP contribution in [-0.4, -0.2) is 40.7 Å². The van der Waals surface area contributed by atoms with Crippen LogP contribution < -0.4 is 14.8 Å². The normalized spacial score (nSPS) is 16.9. The van der Waals surface area contributed by atoms with Gasteiger partial charge in [-0.1, -0.05) is 12.1 Å². The van der Waals surface area contributed by atoms with Crippen LogP contribution in [0.15, 0.2) is 53.4 Å². The van der Waals surface area contributed by atoms with E-state index in [-0.39, 0.29) is 16.6 Å². The number of rotatable bonds is 7. The summed E-state index contributed by atoms with van der Waals surface area (Å²) in [4.78, 5) is 12.5. The Morgan fingerprint density at radius 2 is 2.04 bits per heavy atom. The van der Waals surface area contributed by atoms with Crippen LogP contribution in [0.25, 0.3) is 0 Å². The summed E-state index contributed by atoms with van der Waals surface area (Å²) in [5.74, 6) is 0.231. The van der Waals surface area contributed by atoms with Crippen LogP contribution in [0.5, 0.6) is 5.75 Å². The Morgan fingerprint density at radius 3 is 2.78 bits per heavy atom. The highest BCUT2D eigenvalue weighted by Crippen LogP contribution is 2.21. The minimum absolute atomic E-state index is 0.0336. The van der Waals surface area contributed by atoms with Crippen molar-refractivity contribution in [1.82, 2.24) is 4.72 Å². The largest absolute Gasteiger partial charge is 0.491 e. The molecule has 1 fully saturated rings. The first-order chi connectivity index (χ1) is 13.0. The molecule has 1 saturated heterocycles. The van der Waals surface area contributed by atoms with E-state index >= 15 is 0 Å². The molecule has 2 N–H and O–H groups in total. The first-order valence-electron chi connectivity index (χ1n) is 8.67. The molecule has 1 unspecified atom stereocenters. The quantitative estimate of drug-likeness (QED) is 0.757. The molecule has 2 aromatic carbocycles. The molecular formula is C19H22N2O5S. The van der Waals surface area contributed by atoms with Crippen molar-refractivity contribution in [2.45, 2.75) is 23.8 Å². The molecule has 8 heteroatoms. The van der Waals surface area contributed by atoms with Crippen LogP contribution in [0.2, 0.25) is 0 Å². The Balaban J connectivity index is 1.67. The van der Waals surface area contributed by atoms with Crippen molar-refractivity contribution >= 4 is 21.6 Å². The van der Waals surface area contributed by atoms with Crippen molar-refractivity contribution in [2.24, 2.45) is 0 Å². The number of ether oxygens (including phenoxy) is 2. The van der Waals surface area contributed by atoms with E-state index in [1.54, 1.807) is 24.3 Å². The molecule has 144 valence electrons. The Labute approximate surface area is 158 Å². The number of nitrogens with one attached hydrogen (secondary N) is 2. The second-order valence-corrected chi connectivity index (χ2v) is 8.05. The van der Waals surface area contributed by atoms with Gasteiger partial charge in [0.2, 0.25) is 10.0 Å². The lowest BCUT2D eigenvalue weighted by Gasteiger charge is -2.13. The highest BCUT2D eigenvalue weighted by atomic mass is 32.2. The van der Waals surface area contributed by atoms with Crippen molar-refractivity contribution in [1.29, 1.82) is 0 Å². The van der Waals surface area contributed by atoms with Gasteiger partial charge in [-0.05, 0) is 50.2 Å². The van der Waals surface area contributed by atoms with E-state index in [2.05, 4.69) is 10.0 Å². The van der Waals surface area contributed by atoms with Gasteiger partial charge in [0.15, 0.2) is 0 Å². The van der Waals surface area contributed by atoms with Crippen molar-refractivity contribution in [2.75, 3.05) is 25.6 Å². The molecule has 0 saturated carbocycles. The monoisotopic (exact) mass is 390 g/mol. The van der Waals surface area contributed by atoms with Crippen LogP contribution in [0, 0.1) is 0 Å². The number of carbonyl (C=O) groups is 1. The summed E-state index contributed by atoms with van der Waals surface area (Å²) in [6.45, 7) is 1.24. The van der Waals surface area contributed by atoms with E-state index in [1.165, 1.54) is 25.2 Å². The SMILES string of the molecule is CNS(=O)(=O)c1cccc(C(=O)Nc2cccc(OCC3CCCO3)c2)c1. The van der Waals surface area contributed by atoms with E-state index in [0.29, 0.717) is 18.0 Å². The second-order valence-electron chi connectivity index (χ2n) is 6.16. The second kappa shape index (κ2) is 8.51. The van der Waals surface area contributed by atoms with Gasteiger partial charge in [0, 0.05) is 23.9 Å². The van der Waals surface area contributed by atoms with Gasteiger partial charge in [-0.25, -0.2) is 13.1 Å². The lowest BCUT2D eigenvalue weighted by atomic mass is 10.2. The summed E-state index contributed by atoms with van der Waals surface area (Å²) < 4.78 is 37.3. The van der Waals surface area contributed by atoms with Gasteiger partial charge >= 0.3 is 0 Å². The average molecular weight is 390 g/mol. The molecular weight excluding hydrogens is 368 g/mol. The predicted molar refractivity (Wildman–Crippen MR) is 102 cm³/mol. The van der Waals surface area contributed by atoms with E-state index in [0.717, 1.165) is 19.4 Å². The van der Waals surface area contributed by atoms with Gasteiger partial charge in [-0.3, -0.25) is 4.79 Å². The maximum Gasteiger partial charge on any atom is 0.255 e. The van der Waals surface area contributed by atoms with Crippen LogP contribution in [0.1, 0.15) is 23.2 Å². The minimum Gasteiger partial charge on any atom is -0.491 e. The van der Waals surface area contributed by atoms with Gasteiger partial charge in [0.1, 0.15) is 12.4 Å². The maximum atomic E-state index is 12.5. The number of anilines is 1. The van der Waals surface area contributed by atoms with Crippen molar-refractivity contribution in [3.8, 4) is 5.75 Å². The molecule has 27 heavy (non-hydrogen) atoms. The minimum atomic E-state index is -3.61. The van der Waals surface area contributed by atoms with E-state index in [4.69, 9.17) is 9.47 Å². The first-order valence-corrected chi connectivity index (χ1v) is 10.2. The number of benzene rings is 2. The molecule has 1 aliphatic heterocycles. The number of hydrogen-bond donors (Lipinski definition) is 2. The summed E-state index contributed by atoms with van der Waals surface area (Å²) >= 11 is 0. The smallest absolute Gasteiger partial charge is 0.255 e. The van der Waals surface area contributed by atoms with Crippen molar-refractivity contribution < 1.29 is 22.7 Å². The topological polar surface area (TPSA) is 93.7 Å². The molecule has 2 aromatic rings. The van der Waals surface area contributed by atoms with Gasteiger partial charge in [0.05, 0.1) is 11.0 Å². The van der Waals surface area contributed by atoms with Gasteiger partial charge in [0.25, 0.3) is 5.91 Å². The Bertz CT molecular complexity index is 908.